The van der Waals surface area contributed by atoms with Crippen molar-refractivity contribution < 1.29 is 19.2 Å². The second-order valence-electron chi connectivity index (χ2n) is 5.36. The van der Waals surface area contributed by atoms with Crippen molar-refractivity contribution in [2.75, 3.05) is 6.54 Å². The van der Waals surface area contributed by atoms with E-state index < -0.39 is 29.8 Å². The van der Waals surface area contributed by atoms with Crippen LogP contribution in [0.1, 0.15) is 19.4 Å². The van der Waals surface area contributed by atoms with Crippen molar-refractivity contribution in [3.05, 3.63) is 35.9 Å². The van der Waals surface area contributed by atoms with Crippen LogP contribution in [-0.4, -0.2) is 42.3 Å². The summed E-state index contributed by atoms with van der Waals surface area (Å²) < 4.78 is 0. The lowest BCUT2D eigenvalue weighted by atomic mass is 10.0. The number of hydrogen-bond acceptors (Lipinski definition) is 4. The van der Waals surface area contributed by atoms with Gasteiger partial charge in [0.15, 0.2) is 0 Å². The summed E-state index contributed by atoms with van der Waals surface area (Å²) in [7, 11) is 0. The lowest BCUT2D eigenvalue weighted by Crippen LogP contribution is -2.53. The van der Waals surface area contributed by atoms with Crippen molar-refractivity contribution in [1.29, 1.82) is 0 Å². The number of carbonyl (C=O) groups is 4. The molecule has 8 heteroatoms. The maximum Gasteiger partial charge on any atom is 0.243 e. The molecule has 0 radical (unpaired) electrons. The summed E-state index contributed by atoms with van der Waals surface area (Å²) in [4.78, 5) is 46.1. The maximum absolute atomic E-state index is 12.3. The van der Waals surface area contributed by atoms with Gasteiger partial charge in [-0.1, -0.05) is 30.3 Å². The Balaban J connectivity index is 2.68. The van der Waals surface area contributed by atoms with Crippen molar-refractivity contribution in [1.82, 2.24) is 16.0 Å². The van der Waals surface area contributed by atoms with Crippen molar-refractivity contribution in [2.24, 2.45) is 5.73 Å². The van der Waals surface area contributed by atoms with Crippen LogP contribution in [0.3, 0.4) is 0 Å². The molecule has 0 aliphatic heterocycles. The van der Waals surface area contributed by atoms with Crippen LogP contribution in [-0.2, 0) is 25.6 Å². The van der Waals surface area contributed by atoms with Gasteiger partial charge in [-0.15, -0.1) is 0 Å². The molecule has 130 valence electrons. The predicted octanol–water partition coefficient (Wildman–Crippen LogP) is -1.16. The van der Waals surface area contributed by atoms with E-state index in [9.17, 15) is 19.2 Å². The summed E-state index contributed by atoms with van der Waals surface area (Å²) in [5.74, 6) is -2.06. The van der Waals surface area contributed by atoms with Gasteiger partial charge in [0, 0.05) is 13.3 Å². The van der Waals surface area contributed by atoms with Crippen LogP contribution >= 0.6 is 0 Å². The lowest BCUT2D eigenvalue weighted by molar-refractivity contribution is -0.131. The molecule has 24 heavy (non-hydrogen) atoms. The molecule has 1 rings (SSSR count). The number of benzene rings is 1. The summed E-state index contributed by atoms with van der Waals surface area (Å²) in [5.41, 5.74) is 5.82. The highest BCUT2D eigenvalue weighted by Gasteiger charge is 2.23. The first-order valence-corrected chi connectivity index (χ1v) is 7.47. The first-order valence-electron chi connectivity index (χ1n) is 7.47. The minimum Gasteiger partial charge on any atom is -0.368 e. The predicted molar refractivity (Wildman–Crippen MR) is 87.6 cm³/mol. The van der Waals surface area contributed by atoms with Crippen molar-refractivity contribution in [2.45, 2.75) is 32.4 Å². The quantitative estimate of drug-likeness (QED) is 0.477. The number of nitrogens with two attached hydrogens (primary N) is 1. The van der Waals surface area contributed by atoms with Crippen LogP contribution in [0, 0.1) is 0 Å². The molecule has 0 fully saturated rings. The number of rotatable bonds is 8. The van der Waals surface area contributed by atoms with Gasteiger partial charge in [0.25, 0.3) is 0 Å². The fourth-order valence-electron chi connectivity index (χ4n) is 2.01. The molecule has 0 aliphatic carbocycles. The highest BCUT2D eigenvalue weighted by molar-refractivity contribution is 5.92. The number of primary amides is 1. The Morgan fingerprint density at radius 3 is 2.21 bits per heavy atom. The fraction of sp³-hybridized carbons (Fsp3) is 0.375. The Labute approximate surface area is 140 Å². The van der Waals surface area contributed by atoms with E-state index in [4.69, 9.17) is 5.73 Å². The van der Waals surface area contributed by atoms with E-state index in [1.165, 1.54) is 13.8 Å². The normalized spacial score (nSPS) is 12.6. The first kappa shape index (κ1) is 19.1. The minimum atomic E-state index is -0.871. The second kappa shape index (κ2) is 9.29. The third-order valence-electron chi connectivity index (χ3n) is 3.17. The van der Waals surface area contributed by atoms with Crippen molar-refractivity contribution >= 4 is 23.6 Å². The molecule has 1 aromatic rings. The van der Waals surface area contributed by atoms with Gasteiger partial charge in [0.05, 0.1) is 6.54 Å². The van der Waals surface area contributed by atoms with Gasteiger partial charge in [-0.25, -0.2) is 0 Å². The van der Waals surface area contributed by atoms with Gasteiger partial charge in [-0.2, -0.15) is 0 Å². The topological polar surface area (TPSA) is 130 Å². The fourth-order valence-corrected chi connectivity index (χ4v) is 2.01. The Morgan fingerprint density at radius 1 is 1.04 bits per heavy atom. The summed E-state index contributed by atoms with van der Waals surface area (Å²) in [6, 6.07) is 7.51. The average molecular weight is 334 g/mol. The maximum atomic E-state index is 12.3. The Bertz CT molecular complexity index is 603. The van der Waals surface area contributed by atoms with Crippen LogP contribution in [0.4, 0.5) is 0 Å². The minimum absolute atomic E-state index is 0.294. The number of hydrogen-bond donors (Lipinski definition) is 4. The van der Waals surface area contributed by atoms with Crippen molar-refractivity contribution in [3.63, 3.8) is 0 Å². The summed E-state index contributed by atoms with van der Waals surface area (Å²) in [6.07, 6.45) is 0.294. The van der Waals surface area contributed by atoms with E-state index in [1.807, 2.05) is 30.3 Å². The van der Waals surface area contributed by atoms with Gasteiger partial charge < -0.3 is 21.7 Å². The molecule has 2 atom stereocenters. The zero-order chi connectivity index (χ0) is 18.1. The Kier molecular flexibility index (Phi) is 7.41. The molecule has 0 saturated carbocycles. The van der Waals surface area contributed by atoms with Crippen LogP contribution in [0.25, 0.3) is 0 Å². The molecular formula is C16H22N4O4. The monoisotopic (exact) mass is 334 g/mol. The molecule has 0 spiro atoms. The Morgan fingerprint density at radius 2 is 1.67 bits per heavy atom. The van der Waals surface area contributed by atoms with Crippen LogP contribution < -0.4 is 21.7 Å². The zero-order valence-electron chi connectivity index (χ0n) is 13.7. The van der Waals surface area contributed by atoms with Gasteiger partial charge in [-0.3, -0.25) is 19.2 Å². The summed E-state index contributed by atoms with van der Waals surface area (Å²) in [6.45, 7) is 2.48. The van der Waals surface area contributed by atoms with E-state index in [-0.39, 0.29) is 12.5 Å². The van der Waals surface area contributed by atoms with Gasteiger partial charge in [-0.05, 0) is 12.5 Å². The Hall–Kier alpha value is -2.90. The third-order valence-corrected chi connectivity index (χ3v) is 3.17. The molecule has 4 amide bonds. The SMILES string of the molecule is CC(=O)N[C@@H](Cc1ccccc1)C(=O)N[C@@H](C)C(=O)NCC(N)=O. The molecular weight excluding hydrogens is 312 g/mol. The van der Waals surface area contributed by atoms with Crippen LogP contribution in [0.15, 0.2) is 30.3 Å². The highest BCUT2D eigenvalue weighted by atomic mass is 16.2. The molecule has 8 nitrogen and oxygen atoms in total. The van der Waals surface area contributed by atoms with E-state index >= 15 is 0 Å². The molecule has 0 unspecified atom stereocenters. The highest BCUT2D eigenvalue weighted by Crippen LogP contribution is 2.04. The van der Waals surface area contributed by atoms with Crippen LogP contribution in [0.2, 0.25) is 0 Å². The van der Waals surface area contributed by atoms with Gasteiger partial charge in [0.1, 0.15) is 12.1 Å². The number of carbonyl (C=O) groups excluding carboxylic acids is 4. The van der Waals surface area contributed by atoms with Gasteiger partial charge in [0.2, 0.25) is 23.6 Å². The second-order valence-corrected chi connectivity index (χ2v) is 5.36. The van der Waals surface area contributed by atoms with Gasteiger partial charge >= 0.3 is 0 Å². The molecule has 0 bridgehead atoms. The molecule has 0 aromatic heterocycles. The number of nitrogens with one attached hydrogen (secondary N) is 3. The molecule has 0 heterocycles. The lowest BCUT2D eigenvalue weighted by Gasteiger charge is -2.20. The third kappa shape index (κ3) is 6.91. The van der Waals surface area contributed by atoms with E-state index in [0.717, 1.165) is 5.56 Å². The number of amides is 4. The summed E-state index contributed by atoms with van der Waals surface area (Å²) >= 11 is 0. The zero-order valence-corrected chi connectivity index (χ0v) is 13.7. The van der Waals surface area contributed by atoms with E-state index in [1.54, 1.807) is 0 Å². The molecule has 0 aliphatic rings. The molecule has 0 saturated heterocycles. The summed E-state index contributed by atoms with van der Waals surface area (Å²) in [5, 5.41) is 7.38. The standard InChI is InChI=1S/C16H22N4O4/c1-10(15(23)18-9-14(17)22)19-16(24)13(20-11(2)21)8-12-6-4-3-5-7-12/h3-7,10,13H,8-9H2,1-2H3,(H2,17,22)(H,18,23)(H,19,24)(H,20,21)/t10-,13-/m0/s1. The van der Waals surface area contributed by atoms with Crippen LogP contribution in [0.5, 0.6) is 0 Å². The van der Waals surface area contributed by atoms with E-state index in [0.29, 0.717) is 6.42 Å². The first-order chi connectivity index (χ1) is 11.3. The van der Waals surface area contributed by atoms with E-state index in [2.05, 4.69) is 16.0 Å². The van der Waals surface area contributed by atoms with Crippen molar-refractivity contribution in [3.8, 4) is 0 Å². The average Bonchev–Trinajstić information content (AvgIpc) is 2.52. The molecule has 5 N–H and O–H groups in total. The largest absolute Gasteiger partial charge is 0.368 e. The molecule has 1 aromatic carbocycles. The smallest absolute Gasteiger partial charge is 0.243 e.